The maximum Gasteiger partial charge on any atom is 0.0627 e. The summed E-state index contributed by atoms with van der Waals surface area (Å²) in [5.41, 5.74) is 2.51. The van der Waals surface area contributed by atoms with Crippen LogP contribution in [0.3, 0.4) is 0 Å². The van der Waals surface area contributed by atoms with E-state index >= 15 is 0 Å². The highest BCUT2D eigenvalue weighted by Crippen LogP contribution is 2.28. The van der Waals surface area contributed by atoms with E-state index in [1.807, 2.05) is 14.0 Å². The Morgan fingerprint density at radius 3 is 2.88 bits per heavy atom. The second-order valence-electron chi connectivity index (χ2n) is 4.77. The molecule has 1 atom stereocenters. The van der Waals surface area contributed by atoms with Crippen LogP contribution in [0, 0.1) is 0 Å². The molecular weight excluding hydrogens is 200 g/mol. The van der Waals surface area contributed by atoms with Crippen molar-refractivity contribution in [2.45, 2.75) is 18.9 Å². The van der Waals surface area contributed by atoms with Gasteiger partial charge in [0.05, 0.1) is 12.1 Å². The van der Waals surface area contributed by atoms with Crippen molar-refractivity contribution in [3.05, 3.63) is 29.8 Å². The fourth-order valence-electron chi connectivity index (χ4n) is 2.20. The molecule has 2 rings (SSSR count). The largest absolute Gasteiger partial charge is 0.394 e. The normalized spacial score (nSPS) is 18.3. The molecule has 0 amide bonds. The number of aliphatic hydroxyl groups excluding tert-OH is 1. The Hall–Kier alpha value is -1.06. The van der Waals surface area contributed by atoms with E-state index in [2.05, 4.69) is 34.5 Å². The number of fused-ring (bicyclic) bond motifs is 1. The Morgan fingerprint density at radius 1 is 1.44 bits per heavy atom. The number of aliphatic hydroxyl groups is 1. The minimum Gasteiger partial charge on any atom is -0.394 e. The number of nitrogens with zero attached hydrogens (tertiary/aromatic N) is 1. The zero-order chi connectivity index (χ0) is 11.6. The lowest BCUT2D eigenvalue weighted by atomic mass is 10.0. The lowest BCUT2D eigenvalue weighted by Gasteiger charge is -2.33. The van der Waals surface area contributed by atoms with E-state index in [1.54, 1.807) is 0 Å². The summed E-state index contributed by atoms with van der Waals surface area (Å²) in [6.07, 6.45) is 1.11. The molecule has 1 heterocycles. The third-order valence-electron chi connectivity index (χ3n) is 3.48. The molecule has 0 radical (unpaired) electrons. The van der Waals surface area contributed by atoms with Gasteiger partial charge < -0.3 is 15.3 Å². The predicted molar refractivity (Wildman–Crippen MR) is 66.9 cm³/mol. The summed E-state index contributed by atoms with van der Waals surface area (Å²) < 4.78 is 0. The van der Waals surface area contributed by atoms with Gasteiger partial charge in [0.1, 0.15) is 0 Å². The topological polar surface area (TPSA) is 35.5 Å². The lowest BCUT2D eigenvalue weighted by molar-refractivity contribution is 0.186. The van der Waals surface area contributed by atoms with E-state index in [0.29, 0.717) is 0 Å². The molecule has 0 aromatic heterocycles. The van der Waals surface area contributed by atoms with E-state index in [9.17, 15) is 5.11 Å². The monoisotopic (exact) mass is 220 g/mol. The zero-order valence-electron chi connectivity index (χ0n) is 10.0. The Balaban J connectivity index is 2.14. The summed E-state index contributed by atoms with van der Waals surface area (Å²) in [6, 6.07) is 8.51. The van der Waals surface area contributed by atoms with Crippen molar-refractivity contribution < 1.29 is 5.11 Å². The van der Waals surface area contributed by atoms with Gasteiger partial charge in [0, 0.05) is 18.8 Å². The number of hydrogen-bond donors (Lipinski definition) is 2. The quantitative estimate of drug-likeness (QED) is 0.795. The first-order valence-electron chi connectivity index (χ1n) is 5.81. The number of hydrogen-bond acceptors (Lipinski definition) is 3. The minimum atomic E-state index is -0.225. The molecule has 1 aliphatic rings. The van der Waals surface area contributed by atoms with E-state index in [4.69, 9.17) is 0 Å². The molecule has 0 bridgehead atoms. The summed E-state index contributed by atoms with van der Waals surface area (Å²) in [4.78, 5) is 2.35. The fourth-order valence-corrected chi connectivity index (χ4v) is 2.20. The van der Waals surface area contributed by atoms with Crippen molar-refractivity contribution in [1.29, 1.82) is 0 Å². The van der Waals surface area contributed by atoms with Crippen molar-refractivity contribution in [2.24, 2.45) is 0 Å². The molecule has 1 aliphatic heterocycles. The molecule has 3 nitrogen and oxygen atoms in total. The molecule has 88 valence electrons. The number of rotatable bonds is 4. The van der Waals surface area contributed by atoms with Crippen LogP contribution in [0.5, 0.6) is 0 Å². The van der Waals surface area contributed by atoms with Crippen LogP contribution < -0.4 is 10.2 Å². The zero-order valence-corrected chi connectivity index (χ0v) is 10.0. The highest BCUT2D eigenvalue weighted by molar-refractivity contribution is 5.58. The van der Waals surface area contributed by atoms with Crippen LogP contribution in [0.15, 0.2) is 24.3 Å². The molecule has 0 spiro atoms. The summed E-state index contributed by atoms with van der Waals surface area (Å²) in [5, 5.41) is 12.6. The van der Waals surface area contributed by atoms with Gasteiger partial charge >= 0.3 is 0 Å². The van der Waals surface area contributed by atoms with Gasteiger partial charge in [-0.15, -0.1) is 0 Å². The van der Waals surface area contributed by atoms with Gasteiger partial charge in [-0.2, -0.15) is 0 Å². The molecule has 3 heteroatoms. The van der Waals surface area contributed by atoms with Crippen molar-refractivity contribution in [3.63, 3.8) is 0 Å². The first-order valence-corrected chi connectivity index (χ1v) is 5.81. The van der Waals surface area contributed by atoms with Crippen LogP contribution >= 0.6 is 0 Å². The number of likely N-dealkylation sites (N-methyl/N-ethyl adjacent to an activating group) is 1. The number of anilines is 1. The van der Waals surface area contributed by atoms with E-state index in [0.717, 1.165) is 19.5 Å². The lowest BCUT2D eigenvalue weighted by Crippen LogP contribution is -2.52. The van der Waals surface area contributed by atoms with Crippen molar-refractivity contribution >= 4 is 5.69 Å². The summed E-state index contributed by atoms with van der Waals surface area (Å²) in [6.45, 7) is 4.10. The van der Waals surface area contributed by atoms with Crippen molar-refractivity contribution in [1.82, 2.24) is 5.32 Å². The van der Waals surface area contributed by atoms with Gasteiger partial charge in [0.15, 0.2) is 0 Å². The minimum absolute atomic E-state index is 0.155. The van der Waals surface area contributed by atoms with Crippen LogP contribution in [0.4, 0.5) is 5.69 Å². The standard InChI is InChI=1S/C13H20N2O/c1-13(10-16,14-2)9-15-8-7-11-5-3-4-6-12(11)15/h3-6,14,16H,7-10H2,1-2H3. The molecule has 1 unspecified atom stereocenters. The average Bonchev–Trinajstić information content (AvgIpc) is 2.73. The third-order valence-corrected chi connectivity index (χ3v) is 3.48. The maximum atomic E-state index is 9.40. The summed E-state index contributed by atoms with van der Waals surface area (Å²) in [7, 11) is 1.90. The second-order valence-corrected chi connectivity index (χ2v) is 4.77. The Morgan fingerprint density at radius 2 is 2.19 bits per heavy atom. The number of benzene rings is 1. The van der Waals surface area contributed by atoms with Gasteiger partial charge in [-0.3, -0.25) is 0 Å². The third kappa shape index (κ3) is 2.06. The molecule has 16 heavy (non-hydrogen) atoms. The Kier molecular flexibility index (Phi) is 3.17. The number of nitrogens with one attached hydrogen (secondary N) is 1. The molecular formula is C13H20N2O. The van der Waals surface area contributed by atoms with Crippen LogP contribution in [0.2, 0.25) is 0 Å². The summed E-state index contributed by atoms with van der Waals surface area (Å²) in [5.74, 6) is 0. The molecule has 0 aliphatic carbocycles. The highest BCUT2D eigenvalue weighted by atomic mass is 16.3. The highest BCUT2D eigenvalue weighted by Gasteiger charge is 2.27. The second kappa shape index (κ2) is 4.44. The Labute approximate surface area is 97.1 Å². The molecule has 1 aromatic carbocycles. The van der Waals surface area contributed by atoms with Crippen molar-refractivity contribution in [2.75, 3.05) is 31.6 Å². The van der Waals surface area contributed by atoms with Gasteiger partial charge in [-0.1, -0.05) is 18.2 Å². The first-order chi connectivity index (χ1) is 7.68. The molecule has 0 fully saturated rings. The predicted octanol–water partition coefficient (Wildman–Crippen LogP) is 1.02. The summed E-state index contributed by atoms with van der Waals surface area (Å²) >= 11 is 0. The van der Waals surface area contributed by atoms with Gasteiger partial charge in [0.2, 0.25) is 0 Å². The van der Waals surface area contributed by atoms with Gasteiger partial charge in [-0.05, 0) is 32.0 Å². The van der Waals surface area contributed by atoms with Crippen LogP contribution in [0.1, 0.15) is 12.5 Å². The molecule has 0 saturated carbocycles. The fraction of sp³-hybridized carbons (Fsp3) is 0.538. The van der Waals surface area contributed by atoms with Crippen molar-refractivity contribution in [3.8, 4) is 0 Å². The van der Waals surface area contributed by atoms with E-state index in [-0.39, 0.29) is 12.1 Å². The van der Waals surface area contributed by atoms with Crippen LogP contribution in [0.25, 0.3) is 0 Å². The molecule has 1 aromatic rings. The van der Waals surface area contributed by atoms with E-state index < -0.39 is 0 Å². The van der Waals surface area contributed by atoms with Crippen LogP contribution in [-0.2, 0) is 6.42 Å². The van der Waals surface area contributed by atoms with Gasteiger partial charge in [0.25, 0.3) is 0 Å². The number of para-hydroxylation sites is 1. The van der Waals surface area contributed by atoms with Crippen LogP contribution in [-0.4, -0.2) is 37.4 Å². The SMILES string of the molecule is CNC(C)(CO)CN1CCc2ccccc21. The maximum absolute atomic E-state index is 9.40. The Bertz CT molecular complexity index is 361. The molecule has 0 saturated heterocycles. The smallest absolute Gasteiger partial charge is 0.0627 e. The van der Waals surface area contributed by atoms with E-state index in [1.165, 1.54) is 11.3 Å². The molecule has 2 N–H and O–H groups in total. The first kappa shape index (κ1) is 11.4. The average molecular weight is 220 g/mol. The van der Waals surface area contributed by atoms with Gasteiger partial charge in [-0.25, -0.2) is 0 Å².